The van der Waals surface area contributed by atoms with Crippen LogP contribution < -0.4 is 0 Å². The molecule has 0 aliphatic rings. The molecule has 3 heterocycles. The molecule has 0 aliphatic carbocycles. The molecular weight excluding hydrogens is 397 g/mol. The Bertz CT molecular complexity index is 1300. The lowest BCUT2D eigenvalue weighted by molar-refractivity contribution is 0.270. The number of rotatable bonds is 5. The molecule has 0 aliphatic heterocycles. The van der Waals surface area contributed by atoms with Crippen LogP contribution in [0.1, 0.15) is 0 Å². The zero-order valence-corrected chi connectivity index (χ0v) is 16.1. The first-order valence-electron chi connectivity index (χ1n) is 8.63. The molecule has 0 atom stereocenters. The molecule has 0 unspecified atom stereocenters. The van der Waals surface area contributed by atoms with Crippen LogP contribution >= 0.6 is 0 Å². The van der Waals surface area contributed by atoms with Gasteiger partial charge in [-0.3, -0.25) is 4.68 Å². The zero-order valence-electron chi connectivity index (χ0n) is 15.3. The van der Waals surface area contributed by atoms with Crippen LogP contribution in [-0.4, -0.2) is 51.1 Å². The van der Waals surface area contributed by atoms with E-state index in [0.29, 0.717) is 40.1 Å². The number of fused-ring (bicyclic) bond motifs is 1. The second-order valence-electron chi connectivity index (χ2n) is 6.42. The van der Waals surface area contributed by atoms with Crippen LogP contribution in [0, 0.1) is 5.82 Å². The molecule has 0 saturated carbocycles. The number of pyridine rings is 1. The van der Waals surface area contributed by atoms with E-state index < -0.39 is 9.84 Å². The Balaban J connectivity index is 1.97. The van der Waals surface area contributed by atoms with Crippen LogP contribution in [0.25, 0.3) is 33.5 Å². The summed E-state index contributed by atoms with van der Waals surface area (Å²) < 4.78 is 38.7. The van der Waals surface area contributed by atoms with E-state index in [-0.39, 0.29) is 17.6 Å². The third kappa shape index (κ3) is 3.84. The Morgan fingerprint density at radius 3 is 2.59 bits per heavy atom. The summed E-state index contributed by atoms with van der Waals surface area (Å²) in [7, 11) is -3.60. The molecular formula is C19H16FN5O3S. The fraction of sp³-hybridized carbons (Fsp3) is 0.158. The fourth-order valence-corrected chi connectivity index (χ4v) is 3.43. The maximum Gasteiger partial charge on any atom is 0.247 e. The van der Waals surface area contributed by atoms with E-state index >= 15 is 0 Å². The van der Waals surface area contributed by atoms with Gasteiger partial charge in [-0.05, 0) is 36.4 Å². The molecule has 0 saturated heterocycles. The molecule has 0 fully saturated rings. The van der Waals surface area contributed by atoms with Crippen molar-refractivity contribution < 1.29 is 17.9 Å². The molecule has 29 heavy (non-hydrogen) atoms. The Morgan fingerprint density at radius 1 is 1.14 bits per heavy atom. The monoisotopic (exact) mass is 413 g/mol. The summed E-state index contributed by atoms with van der Waals surface area (Å²) in [5, 5.41) is 13.9. The van der Waals surface area contributed by atoms with Crippen molar-refractivity contribution in [2.24, 2.45) is 0 Å². The SMILES string of the molecule is CS(=O)(=O)c1nccc(-c2cc3cn(CCO)nc3nc2-c2ccc(F)cc2)n1. The molecule has 0 radical (unpaired) electrons. The van der Waals surface area contributed by atoms with Crippen molar-refractivity contribution in [3.63, 3.8) is 0 Å². The van der Waals surface area contributed by atoms with Gasteiger partial charge in [-0.1, -0.05) is 0 Å². The zero-order chi connectivity index (χ0) is 20.6. The normalized spacial score (nSPS) is 11.8. The van der Waals surface area contributed by atoms with Crippen molar-refractivity contribution >= 4 is 20.9 Å². The molecule has 3 aromatic heterocycles. The van der Waals surface area contributed by atoms with Gasteiger partial charge >= 0.3 is 0 Å². The van der Waals surface area contributed by atoms with Crippen LogP contribution in [0.15, 0.2) is 53.9 Å². The van der Waals surface area contributed by atoms with E-state index in [2.05, 4.69) is 20.1 Å². The van der Waals surface area contributed by atoms with E-state index in [0.717, 1.165) is 6.26 Å². The number of hydrogen-bond acceptors (Lipinski definition) is 7. The van der Waals surface area contributed by atoms with E-state index in [1.54, 1.807) is 35.1 Å². The summed E-state index contributed by atoms with van der Waals surface area (Å²) >= 11 is 0. The van der Waals surface area contributed by atoms with E-state index in [1.807, 2.05) is 0 Å². The molecule has 148 valence electrons. The molecule has 4 aromatic rings. The number of aliphatic hydroxyl groups excluding tert-OH is 1. The predicted molar refractivity (Wildman–Crippen MR) is 104 cm³/mol. The highest BCUT2D eigenvalue weighted by Crippen LogP contribution is 2.32. The molecule has 0 amide bonds. The summed E-state index contributed by atoms with van der Waals surface area (Å²) in [5.41, 5.74) is 2.47. The highest BCUT2D eigenvalue weighted by molar-refractivity contribution is 7.90. The quantitative estimate of drug-likeness (QED) is 0.499. The first kappa shape index (κ1) is 19.1. The average molecular weight is 413 g/mol. The average Bonchev–Trinajstić information content (AvgIpc) is 3.09. The smallest absolute Gasteiger partial charge is 0.247 e. The number of halogens is 1. The van der Waals surface area contributed by atoms with Gasteiger partial charge in [-0.25, -0.2) is 27.8 Å². The highest BCUT2D eigenvalue weighted by Gasteiger charge is 2.18. The number of aliphatic hydroxyl groups is 1. The summed E-state index contributed by atoms with van der Waals surface area (Å²) in [5.74, 6) is -0.384. The minimum Gasteiger partial charge on any atom is -0.394 e. The molecule has 10 heteroatoms. The Morgan fingerprint density at radius 2 is 1.90 bits per heavy atom. The van der Waals surface area contributed by atoms with Crippen molar-refractivity contribution in [2.75, 3.05) is 12.9 Å². The van der Waals surface area contributed by atoms with Crippen molar-refractivity contribution in [3.8, 4) is 22.5 Å². The maximum absolute atomic E-state index is 13.4. The third-order valence-corrected chi connectivity index (χ3v) is 5.09. The van der Waals surface area contributed by atoms with Crippen LogP contribution in [-0.2, 0) is 16.4 Å². The summed E-state index contributed by atoms with van der Waals surface area (Å²) in [6, 6.07) is 9.17. The molecule has 0 bridgehead atoms. The van der Waals surface area contributed by atoms with Crippen molar-refractivity contribution in [2.45, 2.75) is 11.7 Å². The third-order valence-electron chi connectivity index (χ3n) is 4.23. The first-order valence-corrected chi connectivity index (χ1v) is 10.5. The van der Waals surface area contributed by atoms with E-state index in [9.17, 15) is 12.8 Å². The Hall–Kier alpha value is -3.24. The van der Waals surface area contributed by atoms with Gasteiger partial charge in [0.1, 0.15) is 5.82 Å². The van der Waals surface area contributed by atoms with Gasteiger partial charge in [0.2, 0.25) is 15.0 Å². The van der Waals surface area contributed by atoms with Gasteiger partial charge in [-0.2, -0.15) is 5.10 Å². The lowest BCUT2D eigenvalue weighted by Crippen LogP contribution is -2.04. The van der Waals surface area contributed by atoms with Crippen molar-refractivity contribution in [1.29, 1.82) is 0 Å². The Kier molecular flexibility index (Phi) is 4.81. The minimum absolute atomic E-state index is 0.0741. The topological polar surface area (TPSA) is 111 Å². The largest absolute Gasteiger partial charge is 0.394 e. The lowest BCUT2D eigenvalue weighted by atomic mass is 10.0. The number of sulfone groups is 1. The number of benzene rings is 1. The van der Waals surface area contributed by atoms with Crippen LogP contribution in [0.2, 0.25) is 0 Å². The van der Waals surface area contributed by atoms with Crippen LogP contribution in [0.5, 0.6) is 0 Å². The van der Waals surface area contributed by atoms with Gasteiger partial charge < -0.3 is 5.11 Å². The van der Waals surface area contributed by atoms with Gasteiger partial charge in [0, 0.05) is 35.2 Å². The van der Waals surface area contributed by atoms with Gasteiger partial charge in [0.05, 0.1) is 24.5 Å². The molecule has 4 rings (SSSR count). The van der Waals surface area contributed by atoms with Gasteiger partial charge in [0.15, 0.2) is 5.65 Å². The summed E-state index contributed by atoms with van der Waals surface area (Å²) in [6.07, 6.45) is 4.13. The molecule has 0 spiro atoms. The number of nitrogens with zero attached hydrogens (tertiary/aromatic N) is 5. The van der Waals surface area contributed by atoms with E-state index in [4.69, 9.17) is 5.11 Å². The fourth-order valence-electron chi connectivity index (χ4n) is 2.91. The Labute approximate surface area is 165 Å². The minimum atomic E-state index is -3.60. The first-order chi connectivity index (χ1) is 13.8. The standard InChI is InChI=1S/C19H16FN5O3S/c1-29(27,28)19-21-7-6-16(22-19)15-10-13-11-25(8-9-26)24-18(13)23-17(15)12-2-4-14(20)5-3-12/h2-7,10-11,26H,8-9H2,1H3. The van der Waals surface area contributed by atoms with Gasteiger partial charge in [-0.15, -0.1) is 0 Å². The summed E-state index contributed by atoms with van der Waals surface area (Å²) in [4.78, 5) is 12.6. The number of aromatic nitrogens is 5. The lowest BCUT2D eigenvalue weighted by Gasteiger charge is -2.09. The second-order valence-corrected chi connectivity index (χ2v) is 8.33. The second kappa shape index (κ2) is 7.30. The van der Waals surface area contributed by atoms with Gasteiger partial charge in [0.25, 0.3) is 0 Å². The molecule has 1 aromatic carbocycles. The molecule has 1 N–H and O–H groups in total. The van der Waals surface area contributed by atoms with Crippen molar-refractivity contribution in [3.05, 3.63) is 54.6 Å². The highest BCUT2D eigenvalue weighted by atomic mass is 32.2. The number of hydrogen-bond donors (Lipinski definition) is 1. The predicted octanol–water partition coefficient (Wildman–Crippen LogP) is 2.09. The summed E-state index contributed by atoms with van der Waals surface area (Å²) in [6.45, 7) is 0.235. The van der Waals surface area contributed by atoms with E-state index in [1.165, 1.54) is 18.3 Å². The van der Waals surface area contributed by atoms with Crippen LogP contribution in [0.4, 0.5) is 4.39 Å². The van der Waals surface area contributed by atoms with Crippen LogP contribution in [0.3, 0.4) is 0 Å². The molecule has 8 nitrogen and oxygen atoms in total. The maximum atomic E-state index is 13.4. The van der Waals surface area contributed by atoms with Crippen molar-refractivity contribution in [1.82, 2.24) is 24.7 Å².